The van der Waals surface area contributed by atoms with E-state index in [9.17, 15) is 0 Å². The number of rotatable bonds is 3. The molecule has 0 radical (unpaired) electrons. The zero-order chi connectivity index (χ0) is 11.9. The van der Waals surface area contributed by atoms with Gasteiger partial charge in [-0.1, -0.05) is 36.8 Å². The molecule has 1 aromatic rings. The van der Waals surface area contributed by atoms with Crippen molar-refractivity contribution in [2.24, 2.45) is 5.92 Å². The molecule has 0 unspecified atom stereocenters. The Morgan fingerprint density at radius 3 is 2.76 bits per heavy atom. The monoisotopic (exact) mass is 248 g/mol. The molecule has 0 atom stereocenters. The molecule has 17 heavy (non-hydrogen) atoms. The summed E-state index contributed by atoms with van der Waals surface area (Å²) in [7, 11) is 0. The maximum absolute atomic E-state index is 5.87. The third-order valence-corrected chi connectivity index (χ3v) is 3.26. The fourth-order valence-electron chi connectivity index (χ4n) is 2.21. The van der Waals surface area contributed by atoms with Crippen LogP contribution in [0, 0.1) is 17.8 Å². The summed E-state index contributed by atoms with van der Waals surface area (Å²) in [5.74, 6) is 7.87. The third kappa shape index (κ3) is 3.68. The fraction of sp³-hybridized carbons (Fsp3) is 0.467. The number of ether oxygens (including phenoxy) is 1. The van der Waals surface area contributed by atoms with Gasteiger partial charge in [-0.05, 0) is 30.9 Å². The lowest BCUT2D eigenvalue weighted by molar-refractivity contribution is 0.251. The highest BCUT2D eigenvalue weighted by atomic mass is 35.5. The van der Waals surface area contributed by atoms with E-state index in [4.69, 9.17) is 16.3 Å². The molecule has 0 saturated heterocycles. The van der Waals surface area contributed by atoms with Crippen molar-refractivity contribution in [3.8, 4) is 17.6 Å². The molecule has 1 saturated carbocycles. The molecule has 0 aliphatic heterocycles. The van der Waals surface area contributed by atoms with Gasteiger partial charge in [-0.3, -0.25) is 0 Å². The fourth-order valence-corrected chi connectivity index (χ4v) is 2.28. The summed E-state index contributed by atoms with van der Waals surface area (Å²) in [6.07, 6.45) is 5.30. The minimum absolute atomic E-state index is 0.358. The molecule has 1 aliphatic rings. The van der Waals surface area contributed by atoms with E-state index in [2.05, 4.69) is 11.8 Å². The zero-order valence-corrected chi connectivity index (χ0v) is 10.7. The Morgan fingerprint density at radius 1 is 1.24 bits per heavy atom. The molecule has 1 aliphatic carbocycles. The third-order valence-electron chi connectivity index (χ3n) is 3.13. The Morgan fingerprint density at radius 2 is 2.00 bits per heavy atom. The number of alkyl halides is 1. The molecular formula is C15H17ClO. The summed E-state index contributed by atoms with van der Waals surface area (Å²) in [5.41, 5.74) is 0.936. The van der Waals surface area contributed by atoms with E-state index in [0.29, 0.717) is 5.88 Å². The van der Waals surface area contributed by atoms with E-state index in [-0.39, 0.29) is 0 Å². The van der Waals surface area contributed by atoms with Crippen molar-refractivity contribution in [1.29, 1.82) is 0 Å². The Kier molecular flexibility index (Phi) is 4.76. The Labute approximate surface area is 108 Å². The highest BCUT2D eigenvalue weighted by Gasteiger charge is 2.15. The summed E-state index contributed by atoms with van der Waals surface area (Å²) in [6.45, 7) is 0.819. The van der Waals surface area contributed by atoms with E-state index in [0.717, 1.165) is 23.8 Å². The van der Waals surface area contributed by atoms with Crippen LogP contribution in [-0.4, -0.2) is 12.5 Å². The van der Waals surface area contributed by atoms with Gasteiger partial charge in [0.25, 0.3) is 0 Å². The lowest BCUT2D eigenvalue weighted by Crippen LogP contribution is -2.08. The van der Waals surface area contributed by atoms with Crippen molar-refractivity contribution in [3.63, 3.8) is 0 Å². The Bertz CT molecular complexity index is 410. The van der Waals surface area contributed by atoms with Crippen molar-refractivity contribution in [1.82, 2.24) is 0 Å². The van der Waals surface area contributed by atoms with E-state index < -0.39 is 0 Å². The van der Waals surface area contributed by atoms with Gasteiger partial charge in [-0.2, -0.15) is 0 Å². The number of para-hydroxylation sites is 1. The van der Waals surface area contributed by atoms with Crippen LogP contribution in [0.2, 0.25) is 0 Å². The Hall–Kier alpha value is -1.13. The topological polar surface area (TPSA) is 9.23 Å². The van der Waals surface area contributed by atoms with Gasteiger partial charge in [0.1, 0.15) is 5.75 Å². The average molecular weight is 249 g/mol. The first kappa shape index (κ1) is 12.3. The second-order valence-corrected chi connectivity index (χ2v) is 4.66. The van der Waals surface area contributed by atoms with Crippen LogP contribution < -0.4 is 4.74 Å². The van der Waals surface area contributed by atoms with Gasteiger partial charge >= 0.3 is 0 Å². The number of hydrogen-bond donors (Lipinski definition) is 0. The summed E-state index contributed by atoms with van der Waals surface area (Å²) in [5, 5.41) is 0. The minimum atomic E-state index is 0.358. The Balaban J connectivity index is 1.98. The minimum Gasteiger partial charge on any atom is -0.492 e. The molecule has 0 heterocycles. The highest BCUT2D eigenvalue weighted by molar-refractivity contribution is 6.19. The predicted octanol–water partition coefficient (Wildman–Crippen LogP) is 3.85. The average Bonchev–Trinajstić information content (AvgIpc) is 2.88. The van der Waals surface area contributed by atoms with E-state index in [1.54, 1.807) is 0 Å². The van der Waals surface area contributed by atoms with Crippen LogP contribution >= 0.6 is 11.6 Å². The summed E-state index contributed by atoms with van der Waals surface area (Å²) in [6, 6.07) is 7.91. The van der Waals surface area contributed by atoms with Gasteiger partial charge in [0.2, 0.25) is 0 Å². The van der Waals surface area contributed by atoms with E-state index in [1.807, 2.05) is 24.3 Å². The normalized spacial score (nSPS) is 15.4. The van der Waals surface area contributed by atoms with Crippen LogP contribution in [0.1, 0.15) is 31.2 Å². The molecule has 1 aromatic carbocycles. The van der Waals surface area contributed by atoms with E-state index in [1.165, 1.54) is 25.7 Å². The lowest BCUT2D eigenvalue weighted by Gasteiger charge is -2.12. The molecule has 0 aromatic heterocycles. The standard InChI is InChI=1S/C15H17ClO/c16-11-5-9-14-8-3-4-10-15(14)17-12-13-6-1-2-7-13/h3-4,8,10,13H,1-2,6-7,11-12H2. The quantitative estimate of drug-likeness (QED) is 0.583. The molecule has 2 heteroatoms. The summed E-state index contributed by atoms with van der Waals surface area (Å²) >= 11 is 5.57. The lowest BCUT2D eigenvalue weighted by atomic mass is 10.1. The molecular weight excluding hydrogens is 232 g/mol. The molecule has 90 valence electrons. The van der Waals surface area contributed by atoms with Gasteiger partial charge in [0, 0.05) is 0 Å². The number of hydrogen-bond acceptors (Lipinski definition) is 1. The van der Waals surface area contributed by atoms with Crippen LogP contribution in [0.3, 0.4) is 0 Å². The van der Waals surface area contributed by atoms with Gasteiger partial charge < -0.3 is 4.74 Å². The van der Waals surface area contributed by atoms with Crippen LogP contribution in [-0.2, 0) is 0 Å². The van der Waals surface area contributed by atoms with Crippen molar-refractivity contribution in [3.05, 3.63) is 29.8 Å². The van der Waals surface area contributed by atoms with Crippen LogP contribution in [0.25, 0.3) is 0 Å². The first-order valence-electron chi connectivity index (χ1n) is 6.17. The first-order valence-corrected chi connectivity index (χ1v) is 6.70. The van der Waals surface area contributed by atoms with Crippen LogP contribution in [0.5, 0.6) is 5.75 Å². The van der Waals surface area contributed by atoms with Crippen LogP contribution in [0.4, 0.5) is 0 Å². The second kappa shape index (κ2) is 6.57. The van der Waals surface area contributed by atoms with Crippen molar-refractivity contribution in [2.75, 3.05) is 12.5 Å². The van der Waals surface area contributed by atoms with Crippen molar-refractivity contribution >= 4 is 11.6 Å². The van der Waals surface area contributed by atoms with Crippen LogP contribution in [0.15, 0.2) is 24.3 Å². The van der Waals surface area contributed by atoms with Gasteiger partial charge in [0.15, 0.2) is 0 Å². The molecule has 0 N–H and O–H groups in total. The van der Waals surface area contributed by atoms with Crippen molar-refractivity contribution < 1.29 is 4.74 Å². The molecule has 0 amide bonds. The molecule has 1 nitrogen and oxygen atoms in total. The summed E-state index contributed by atoms with van der Waals surface area (Å²) < 4.78 is 5.87. The second-order valence-electron chi connectivity index (χ2n) is 4.39. The molecule has 1 fully saturated rings. The highest BCUT2D eigenvalue weighted by Crippen LogP contribution is 2.26. The maximum Gasteiger partial charge on any atom is 0.134 e. The van der Waals surface area contributed by atoms with Crippen molar-refractivity contribution in [2.45, 2.75) is 25.7 Å². The molecule has 0 spiro atoms. The van der Waals surface area contributed by atoms with Gasteiger partial charge in [-0.25, -0.2) is 0 Å². The first-order chi connectivity index (χ1) is 8.40. The number of benzene rings is 1. The zero-order valence-electron chi connectivity index (χ0n) is 9.92. The largest absolute Gasteiger partial charge is 0.492 e. The molecule has 0 bridgehead atoms. The van der Waals surface area contributed by atoms with E-state index >= 15 is 0 Å². The maximum atomic E-state index is 5.87. The number of halogens is 1. The molecule has 2 rings (SSSR count). The smallest absolute Gasteiger partial charge is 0.134 e. The summed E-state index contributed by atoms with van der Waals surface area (Å²) in [4.78, 5) is 0. The van der Waals surface area contributed by atoms with Gasteiger partial charge in [0.05, 0.1) is 18.1 Å². The SMILES string of the molecule is ClCC#Cc1ccccc1OCC1CCCC1. The van der Waals surface area contributed by atoms with Gasteiger partial charge in [-0.15, -0.1) is 11.6 Å². The predicted molar refractivity (Wildman–Crippen MR) is 71.5 cm³/mol.